The summed E-state index contributed by atoms with van der Waals surface area (Å²) < 4.78 is 11.7. The summed E-state index contributed by atoms with van der Waals surface area (Å²) in [4.78, 5) is 0. The van der Waals surface area contributed by atoms with Crippen molar-refractivity contribution in [3.8, 4) is 6.07 Å². The first-order chi connectivity index (χ1) is 10.2. The fraction of sp³-hybridized carbons (Fsp3) is 0.611. The molecule has 2 fully saturated rings. The highest BCUT2D eigenvalue weighted by Gasteiger charge is 2.49. The molecule has 0 N–H and O–H groups in total. The van der Waals surface area contributed by atoms with Crippen molar-refractivity contribution in [1.29, 1.82) is 5.26 Å². The first kappa shape index (κ1) is 14.6. The molecule has 1 aliphatic carbocycles. The molecule has 0 amide bonds. The highest BCUT2D eigenvalue weighted by atomic mass is 16.7. The maximum absolute atomic E-state index is 9.65. The fourth-order valence-electron chi connectivity index (χ4n) is 4.08. The molecule has 0 radical (unpaired) electrons. The number of nitrogens with zero attached hydrogens (tertiary/aromatic N) is 1. The smallest absolute Gasteiger partial charge is 0.168 e. The third-order valence-electron chi connectivity index (χ3n) is 5.30. The second kappa shape index (κ2) is 5.79. The summed E-state index contributed by atoms with van der Waals surface area (Å²) in [6.07, 6.45) is 4.59. The molecule has 1 atom stereocenters. The molecule has 3 rings (SSSR count). The van der Waals surface area contributed by atoms with E-state index in [0.29, 0.717) is 13.2 Å². The molecule has 21 heavy (non-hydrogen) atoms. The molecular weight excluding hydrogens is 262 g/mol. The Kier molecular flexibility index (Phi) is 4.01. The van der Waals surface area contributed by atoms with E-state index in [1.807, 2.05) is 6.07 Å². The van der Waals surface area contributed by atoms with Gasteiger partial charge in [0.05, 0.1) is 25.2 Å². The van der Waals surface area contributed by atoms with E-state index < -0.39 is 0 Å². The molecule has 1 heterocycles. The lowest BCUT2D eigenvalue weighted by atomic mass is 9.60. The van der Waals surface area contributed by atoms with Gasteiger partial charge in [0.1, 0.15) is 0 Å². The van der Waals surface area contributed by atoms with Crippen LogP contribution in [0.1, 0.15) is 44.6 Å². The second-order valence-corrected chi connectivity index (χ2v) is 6.22. The summed E-state index contributed by atoms with van der Waals surface area (Å²) in [7, 11) is 0. The van der Waals surface area contributed by atoms with E-state index in [2.05, 4.69) is 37.3 Å². The maximum atomic E-state index is 9.65. The van der Waals surface area contributed by atoms with Crippen LogP contribution in [-0.4, -0.2) is 19.0 Å². The summed E-state index contributed by atoms with van der Waals surface area (Å²) in [5.74, 6) is -0.315. The molecule has 1 aliphatic heterocycles. The molecule has 1 spiro atoms. The maximum Gasteiger partial charge on any atom is 0.168 e. The van der Waals surface area contributed by atoms with Crippen LogP contribution in [0.3, 0.4) is 0 Å². The van der Waals surface area contributed by atoms with Gasteiger partial charge in [-0.05, 0) is 24.8 Å². The van der Waals surface area contributed by atoms with E-state index in [9.17, 15) is 5.26 Å². The molecule has 3 nitrogen and oxygen atoms in total. The van der Waals surface area contributed by atoms with Crippen LogP contribution in [0.5, 0.6) is 0 Å². The lowest BCUT2D eigenvalue weighted by Crippen LogP contribution is -2.45. The number of rotatable bonds is 3. The van der Waals surface area contributed by atoms with Gasteiger partial charge in [-0.25, -0.2) is 0 Å². The van der Waals surface area contributed by atoms with Crippen molar-refractivity contribution in [3.63, 3.8) is 0 Å². The molecule has 2 aliphatic rings. The number of hydrogen-bond acceptors (Lipinski definition) is 3. The summed E-state index contributed by atoms with van der Waals surface area (Å²) >= 11 is 0. The monoisotopic (exact) mass is 285 g/mol. The number of hydrogen-bond donors (Lipinski definition) is 0. The van der Waals surface area contributed by atoms with Gasteiger partial charge in [-0.1, -0.05) is 37.3 Å². The van der Waals surface area contributed by atoms with Crippen LogP contribution in [0.2, 0.25) is 0 Å². The van der Waals surface area contributed by atoms with Crippen molar-refractivity contribution in [1.82, 2.24) is 0 Å². The van der Waals surface area contributed by atoms with Crippen molar-refractivity contribution >= 4 is 0 Å². The predicted octanol–water partition coefficient (Wildman–Crippen LogP) is 3.79. The minimum Gasteiger partial charge on any atom is -0.348 e. The van der Waals surface area contributed by atoms with Gasteiger partial charge in [0, 0.05) is 18.3 Å². The zero-order valence-electron chi connectivity index (χ0n) is 12.7. The van der Waals surface area contributed by atoms with Crippen LogP contribution < -0.4 is 0 Å². The zero-order chi connectivity index (χ0) is 14.8. The van der Waals surface area contributed by atoms with E-state index in [-0.39, 0.29) is 17.1 Å². The first-order valence-corrected chi connectivity index (χ1v) is 7.98. The van der Waals surface area contributed by atoms with Gasteiger partial charge >= 0.3 is 0 Å². The van der Waals surface area contributed by atoms with Gasteiger partial charge < -0.3 is 9.47 Å². The number of ether oxygens (including phenoxy) is 2. The predicted molar refractivity (Wildman–Crippen MR) is 80.6 cm³/mol. The van der Waals surface area contributed by atoms with Crippen molar-refractivity contribution < 1.29 is 9.47 Å². The molecule has 1 saturated heterocycles. The third kappa shape index (κ3) is 2.47. The molecule has 112 valence electrons. The second-order valence-electron chi connectivity index (χ2n) is 6.22. The molecule has 3 heteroatoms. The Morgan fingerprint density at radius 3 is 2.24 bits per heavy atom. The minimum absolute atomic E-state index is 0.0503. The van der Waals surface area contributed by atoms with Crippen LogP contribution in [0.15, 0.2) is 30.3 Å². The highest BCUT2D eigenvalue weighted by molar-refractivity contribution is 5.30. The molecular formula is C18H23NO2. The SMILES string of the molecule is CCC(C#N)C1(c2ccccc2)CCC2(CC1)OCCO2. The average molecular weight is 285 g/mol. The number of nitriles is 1. The quantitative estimate of drug-likeness (QED) is 0.848. The molecule has 1 saturated carbocycles. The van der Waals surface area contributed by atoms with Crippen LogP contribution in [0.4, 0.5) is 0 Å². The van der Waals surface area contributed by atoms with Crippen molar-refractivity contribution in [2.75, 3.05) is 13.2 Å². The zero-order valence-corrected chi connectivity index (χ0v) is 12.7. The molecule has 0 bridgehead atoms. The van der Waals surface area contributed by atoms with Crippen LogP contribution in [0, 0.1) is 17.2 Å². The lowest BCUT2D eigenvalue weighted by Gasteiger charge is -2.46. The normalized spacial score (nSPS) is 24.6. The van der Waals surface area contributed by atoms with E-state index in [4.69, 9.17) is 9.47 Å². The Hall–Kier alpha value is -1.37. The van der Waals surface area contributed by atoms with Crippen molar-refractivity contribution in [2.24, 2.45) is 5.92 Å². The van der Waals surface area contributed by atoms with Gasteiger partial charge in [-0.3, -0.25) is 0 Å². The molecule has 0 aromatic heterocycles. The molecule has 1 unspecified atom stereocenters. The minimum atomic E-state index is -0.369. The molecule has 1 aromatic carbocycles. The Labute approximate surface area is 126 Å². The van der Waals surface area contributed by atoms with E-state index in [0.717, 1.165) is 32.1 Å². The number of benzene rings is 1. The Bertz CT molecular complexity index is 504. The van der Waals surface area contributed by atoms with Gasteiger partial charge in [-0.2, -0.15) is 5.26 Å². The summed E-state index contributed by atoms with van der Waals surface area (Å²) in [6.45, 7) is 3.52. The fourth-order valence-corrected chi connectivity index (χ4v) is 4.08. The van der Waals surface area contributed by atoms with Gasteiger partial charge in [0.25, 0.3) is 0 Å². The van der Waals surface area contributed by atoms with Crippen molar-refractivity contribution in [2.45, 2.75) is 50.2 Å². The van der Waals surface area contributed by atoms with Crippen molar-refractivity contribution in [3.05, 3.63) is 35.9 Å². The largest absolute Gasteiger partial charge is 0.348 e. The third-order valence-corrected chi connectivity index (χ3v) is 5.30. The standard InChI is InChI=1S/C18H23NO2/c1-2-15(14-19)17(16-6-4-3-5-7-16)8-10-18(11-9-17)20-12-13-21-18/h3-7,15H,2,8-13H2,1H3. The van der Waals surface area contributed by atoms with E-state index in [1.165, 1.54) is 5.56 Å². The summed E-state index contributed by atoms with van der Waals surface area (Å²) in [5, 5.41) is 9.65. The van der Waals surface area contributed by atoms with Crippen LogP contribution in [0.25, 0.3) is 0 Å². The Morgan fingerprint density at radius 1 is 1.10 bits per heavy atom. The van der Waals surface area contributed by atoms with Gasteiger partial charge in [-0.15, -0.1) is 0 Å². The Balaban J connectivity index is 1.91. The summed E-state index contributed by atoms with van der Waals surface area (Å²) in [6, 6.07) is 13.1. The van der Waals surface area contributed by atoms with Gasteiger partial charge in [0.2, 0.25) is 0 Å². The molecule has 1 aromatic rings. The van der Waals surface area contributed by atoms with Crippen LogP contribution >= 0.6 is 0 Å². The average Bonchev–Trinajstić information content (AvgIpc) is 3.00. The van der Waals surface area contributed by atoms with E-state index >= 15 is 0 Å². The summed E-state index contributed by atoms with van der Waals surface area (Å²) in [5.41, 5.74) is 1.25. The van der Waals surface area contributed by atoms with Crippen LogP contribution in [-0.2, 0) is 14.9 Å². The first-order valence-electron chi connectivity index (χ1n) is 7.98. The van der Waals surface area contributed by atoms with E-state index in [1.54, 1.807) is 0 Å². The van der Waals surface area contributed by atoms with Gasteiger partial charge in [0.15, 0.2) is 5.79 Å². The lowest BCUT2D eigenvalue weighted by molar-refractivity contribution is -0.187. The topological polar surface area (TPSA) is 42.2 Å². The highest BCUT2D eigenvalue weighted by Crippen LogP contribution is 2.50. The Morgan fingerprint density at radius 2 is 1.71 bits per heavy atom.